The number of nitrogens with one attached hydrogen (secondary N) is 1. The highest BCUT2D eigenvalue weighted by atomic mass is 14.8. The van der Waals surface area contributed by atoms with Crippen molar-refractivity contribution in [2.75, 3.05) is 18.9 Å². The average molecular weight is 232 g/mol. The van der Waals surface area contributed by atoms with Crippen LogP contribution in [0.2, 0.25) is 1.41 Å². The van der Waals surface area contributed by atoms with Gasteiger partial charge in [0.05, 0.1) is 0 Å². The Hall–Kier alpha value is -1.02. The van der Waals surface area contributed by atoms with Gasteiger partial charge in [0.2, 0.25) is 0 Å². The fourth-order valence-corrected chi connectivity index (χ4v) is 2.78. The highest BCUT2D eigenvalue weighted by Crippen LogP contribution is 2.30. The Labute approximate surface area is 106 Å². The number of benzene rings is 1. The third-order valence-corrected chi connectivity index (χ3v) is 4.02. The largest absolute Gasteiger partial charge is 0.388 e. The van der Waals surface area contributed by atoms with E-state index in [9.17, 15) is 0 Å². The van der Waals surface area contributed by atoms with E-state index in [0.717, 1.165) is 18.4 Å². The molecule has 2 rings (SSSR count). The molecule has 1 aromatic carbocycles. The highest BCUT2D eigenvalue weighted by molar-refractivity contribution is 5.43. The number of rotatable bonds is 5. The monoisotopic (exact) mass is 232 g/mol. The molecule has 0 bridgehead atoms. The first-order valence-electron chi connectivity index (χ1n) is 7.23. The second-order valence-corrected chi connectivity index (χ2v) is 5.24. The van der Waals surface area contributed by atoms with Crippen molar-refractivity contribution < 1.29 is 1.41 Å². The van der Waals surface area contributed by atoms with Gasteiger partial charge in [-0.2, -0.15) is 0 Å². The fourth-order valence-electron chi connectivity index (χ4n) is 2.78. The fraction of sp³-hybridized carbons (Fsp3) is 0.600. The molecule has 1 aliphatic rings. The molecule has 1 aromatic rings. The summed E-state index contributed by atoms with van der Waals surface area (Å²) in [5.74, 6) is 1.57. The van der Waals surface area contributed by atoms with Gasteiger partial charge in [-0.05, 0) is 68.2 Å². The molecule has 0 heterocycles. The molecule has 0 saturated heterocycles. The van der Waals surface area contributed by atoms with Gasteiger partial charge in [0, 0.05) is 12.7 Å². The van der Waals surface area contributed by atoms with E-state index in [1.54, 1.807) is 0 Å². The quantitative estimate of drug-likeness (QED) is 0.819. The van der Waals surface area contributed by atoms with Crippen LogP contribution in [0.3, 0.4) is 0 Å². The maximum Gasteiger partial charge on any atom is 0.118 e. The summed E-state index contributed by atoms with van der Waals surface area (Å²) in [6.45, 7) is 0.865. The molecule has 1 aliphatic carbocycles. The van der Waals surface area contributed by atoms with Gasteiger partial charge < -0.3 is 11.0 Å². The van der Waals surface area contributed by atoms with Gasteiger partial charge in [0.1, 0.15) is 1.41 Å². The van der Waals surface area contributed by atoms with Crippen LogP contribution in [0.25, 0.3) is 0 Å². The molecule has 0 amide bonds. The molecule has 2 nitrogen and oxygen atoms in total. The molecule has 0 aliphatic heterocycles. The Balaban J connectivity index is 1.80. The van der Waals surface area contributed by atoms with Crippen molar-refractivity contribution in [2.24, 2.45) is 17.6 Å². The van der Waals surface area contributed by atoms with Crippen LogP contribution >= 0.6 is 0 Å². The lowest BCUT2D eigenvalue weighted by molar-refractivity contribution is 0.278. The SMILES string of the molecule is [1H]NCC1CCC(Cc2ccc(NC)cc2)CC1. The van der Waals surface area contributed by atoms with Crippen LogP contribution in [-0.2, 0) is 6.42 Å². The molecule has 1 saturated carbocycles. The van der Waals surface area contributed by atoms with E-state index >= 15 is 0 Å². The summed E-state index contributed by atoms with van der Waals surface area (Å²) in [4.78, 5) is 0. The van der Waals surface area contributed by atoms with E-state index in [2.05, 4.69) is 35.3 Å². The van der Waals surface area contributed by atoms with Crippen LogP contribution in [0, 0.1) is 11.8 Å². The topological polar surface area (TPSA) is 38.0 Å². The Bertz CT molecular complexity index is 342. The van der Waals surface area contributed by atoms with Gasteiger partial charge in [-0.15, -0.1) is 0 Å². The summed E-state index contributed by atoms with van der Waals surface area (Å²) in [6, 6.07) is 8.79. The van der Waals surface area contributed by atoms with Gasteiger partial charge >= 0.3 is 0 Å². The predicted octanol–water partition coefficient (Wildman–Crippen LogP) is 3.04. The highest BCUT2D eigenvalue weighted by Gasteiger charge is 2.20. The van der Waals surface area contributed by atoms with E-state index in [4.69, 9.17) is 1.41 Å². The van der Waals surface area contributed by atoms with Crippen molar-refractivity contribution in [1.82, 2.24) is 0 Å². The minimum Gasteiger partial charge on any atom is -0.388 e. The van der Waals surface area contributed by atoms with Crippen LogP contribution in [0.4, 0.5) is 5.69 Å². The Kier molecular flexibility index (Phi) is 3.95. The first-order valence-corrected chi connectivity index (χ1v) is 6.73. The predicted molar refractivity (Wildman–Crippen MR) is 74.2 cm³/mol. The molecular weight excluding hydrogens is 208 g/mol. The first kappa shape index (κ1) is 11.1. The lowest BCUT2D eigenvalue weighted by Crippen LogP contribution is -2.22. The molecule has 94 valence electrons. The normalized spacial score (nSPS) is 25.4. The van der Waals surface area contributed by atoms with Gasteiger partial charge in [0.25, 0.3) is 0 Å². The van der Waals surface area contributed by atoms with E-state index < -0.39 is 0 Å². The van der Waals surface area contributed by atoms with Crippen LogP contribution in [0.1, 0.15) is 31.2 Å². The summed E-state index contributed by atoms with van der Waals surface area (Å²) in [5, 5.41) is 3.15. The smallest absolute Gasteiger partial charge is 0.118 e. The summed E-state index contributed by atoms with van der Waals surface area (Å²) >= 11 is 0. The maximum atomic E-state index is 7.05. The van der Waals surface area contributed by atoms with Crippen LogP contribution in [-0.4, -0.2) is 13.6 Å². The van der Waals surface area contributed by atoms with Crippen molar-refractivity contribution in [3.05, 3.63) is 29.8 Å². The summed E-state index contributed by atoms with van der Waals surface area (Å²) in [5.41, 5.74) is 5.20. The third-order valence-electron chi connectivity index (χ3n) is 4.02. The van der Waals surface area contributed by atoms with E-state index in [1.165, 1.54) is 43.4 Å². The zero-order chi connectivity index (χ0) is 12.8. The molecule has 0 unspecified atom stereocenters. The molecule has 1 fully saturated rings. The molecule has 17 heavy (non-hydrogen) atoms. The summed E-state index contributed by atoms with van der Waals surface area (Å²) in [7, 11) is 1.95. The molecule has 0 aromatic heterocycles. The second kappa shape index (κ2) is 6.06. The number of hydrogen-bond acceptors (Lipinski definition) is 2. The van der Waals surface area contributed by atoms with Crippen molar-refractivity contribution in [2.45, 2.75) is 32.1 Å². The second-order valence-electron chi connectivity index (χ2n) is 5.24. The molecule has 3 N–H and O–H groups in total. The van der Waals surface area contributed by atoms with Crippen LogP contribution in [0.5, 0.6) is 0 Å². The average Bonchev–Trinajstić information content (AvgIpc) is 2.42. The van der Waals surface area contributed by atoms with Gasteiger partial charge in [-0.1, -0.05) is 12.1 Å². The molecule has 2 heteroatoms. The molecule has 0 spiro atoms. The van der Waals surface area contributed by atoms with Gasteiger partial charge in [-0.25, -0.2) is 0 Å². The molecule has 0 atom stereocenters. The van der Waals surface area contributed by atoms with Crippen molar-refractivity contribution in [3.63, 3.8) is 0 Å². The van der Waals surface area contributed by atoms with E-state index in [1.807, 2.05) is 7.05 Å². The molecular formula is C15H24N2. The van der Waals surface area contributed by atoms with E-state index in [-0.39, 0.29) is 0 Å². The van der Waals surface area contributed by atoms with E-state index in [0.29, 0.717) is 0 Å². The summed E-state index contributed by atoms with van der Waals surface area (Å²) < 4.78 is 7.05. The van der Waals surface area contributed by atoms with Crippen molar-refractivity contribution in [3.8, 4) is 0 Å². The Morgan fingerprint density at radius 3 is 2.41 bits per heavy atom. The number of hydrogen-bond donors (Lipinski definition) is 2. The van der Waals surface area contributed by atoms with Crippen molar-refractivity contribution >= 4 is 5.69 Å². The lowest BCUT2D eigenvalue weighted by atomic mass is 9.79. The zero-order valence-corrected chi connectivity index (χ0v) is 10.7. The Morgan fingerprint density at radius 1 is 1.18 bits per heavy atom. The van der Waals surface area contributed by atoms with Crippen LogP contribution < -0.4 is 11.0 Å². The third kappa shape index (κ3) is 3.47. The number of anilines is 1. The number of nitrogens with two attached hydrogens (primary N) is 1. The maximum absolute atomic E-state index is 7.05. The minimum atomic E-state index is 0.727. The molecule has 0 radical (unpaired) electrons. The standard InChI is InChI=1S/C15H24N2/c1-17-15-8-6-13(7-9-15)10-12-2-4-14(11-16)5-3-12/h6-9,12,14,17H,2-5,10-11,16H2,1H3/i/hH. The zero-order valence-electron chi connectivity index (χ0n) is 11.7. The van der Waals surface area contributed by atoms with Gasteiger partial charge in [-0.3, -0.25) is 0 Å². The first-order chi connectivity index (χ1) is 8.81. The Morgan fingerprint density at radius 2 is 1.82 bits per heavy atom. The lowest BCUT2D eigenvalue weighted by Gasteiger charge is -2.27. The van der Waals surface area contributed by atoms with Crippen LogP contribution in [0.15, 0.2) is 24.3 Å². The summed E-state index contributed by atoms with van der Waals surface area (Å²) in [6.07, 6.45) is 6.42. The van der Waals surface area contributed by atoms with Crippen molar-refractivity contribution in [1.29, 1.82) is 0 Å². The van der Waals surface area contributed by atoms with Gasteiger partial charge in [0.15, 0.2) is 0 Å². The minimum absolute atomic E-state index is 0.727.